The van der Waals surface area contributed by atoms with Crippen molar-refractivity contribution < 1.29 is 28.6 Å². The Balaban J connectivity index is 4.46. The molecule has 0 rings (SSSR count). The minimum absolute atomic E-state index is 0.118. The topological polar surface area (TPSA) is 78.9 Å². The van der Waals surface area contributed by atoms with Crippen molar-refractivity contribution in [2.24, 2.45) is 0 Å². The number of rotatable bonds is 59. The highest BCUT2D eigenvalue weighted by Gasteiger charge is 2.19. The molecule has 466 valence electrons. The van der Waals surface area contributed by atoms with Crippen LogP contribution in [0.3, 0.4) is 0 Å². The molecule has 6 nitrogen and oxygen atoms in total. The summed E-state index contributed by atoms with van der Waals surface area (Å²) in [5.41, 5.74) is 0. The molecule has 0 saturated heterocycles. The summed E-state index contributed by atoms with van der Waals surface area (Å²) in [7, 11) is 0. The normalized spacial score (nSPS) is 13.2. The molecule has 0 aromatic heterocycles. The van der Waals surface area contributed by atoms with Crippen molar-refractivity contribution in [1.82, 2.24) is 0 Å². The maximum absolute atomic E-state index is 12.9. The quantitative estimate of drug-likeness (QED) is 0.0261. The molecule has 0 aromatic rings. The summed E-state index contributed by atoms with van der Waals surface area (Å²) in [6.45, 7) is 6.34. The van der Waals surface area contributed by atoms with Crippen molar-refractivity contribution in [1.29, 1.82) is 0 Å². The van der Waals surface area contributed by atoms with Crippen LogP contribution in [0.2, 0.25) is 0 Å². The highest BCUT2D eigenvalue weighted by atomic mass is 16.6. The van der Waals surface area contributed by atoms with Crippen LogP contribution in [0.15, 0.2) is 170 Å². The van der Waals surface area contributed by atoms with Gasteiger partial charge in [0.1, 0.15) is 13.2 Å². The van der Waals surface area contributed by atoms with Crippen LogP contribution in [0.1, 0.15) is 278 Å². The standard InChI is InChI=1S/C77H122O6/c1-4-7-10-13-16-19-22-25-28-30-32-33-34-35-36-37-38-39-40-41-42-43-45-46-49-52-55-58-61-64-67-70-76(79)82-73-74(72-81-75(78)69-66-63-60-57-54-51-48-27-24-21-18-15-12-9-6-3)83-77(80)71-68-65-62-59-56-53-50-47-44-31-29-26-23-20-17-14-11-8-5-2/h7-8,10-11,16-17,19-20,25-26,28-29,32-33,35-36,38-39,41-42,44-47,53,56,62,65,74H,4-6,9,12-15,18,21-24,27,30-31,34,37,40,43,48-52,54-55,57-61,63-64,66-73H2,1-3H3/b10-7-,11-8-,19-16-,20-17-,28-25-,29-26-,33-32-,36-35-,39-38-,42-41-,46-45-,47-44-,56-53-,65-62-. The first-order chi connectivity index (χ1) is 41.0. The van der Waals surface area contributed by atoms with Gasteiger partial charge in [-0.2, -0.15) is 0 Å². The lowest BCUT2D eigenvalue weighted by Gasteiger charge is -2.18. The Labute approximate surface area is 511 Å². The smallest absolute Gasteiger partial charge is 0.306 e. The van der Waals surface area contributed by atoms with Gasteiger partial charge in [-0.3, -0.25) is 14.4 Å². The fourth-order valence-electron chi connectivity index (χ4n) is 8.78. The minimum atomic E-state index is -0.833. The van der Waals surface area contributed by atoms with Crippen molar-refractivity contribution in [3.8, 4) is 0 Å². The first-order valence-electron chi connectivity index (χ1n) is 33.6. The fraction of sp³-hybridized carbons (Fsp3) is 0.597. The predicted molar refractivity (Wildman–Crippen MR) is 361 cm³/mol. The van der Waals surface area contributed by atoms with Crippen LogP contribution in [-0.2, 0) is 28.6 Å². The zero-order chi connectivity index (χ0) is 59.9. The Morgan fingerprint density at radius 1 is 0.253 bits per heavy atom. The van der Waals surface area contributed by atoms with E-state index in [0.29, 0.717) is 19.3 Å². The summed E-state index contributed by atoms with van der Waals surface area (Å²) in [6.07, 6.45) is 102. The first-order valence-corrected chi connectivity index (χ1v) is 33.6. The minimum Gasteiger partial charge on any atom is -0.462 e. The molecule has 0 heterocycles. The molecule has 0 bridgehead atoms. The number of hydrogen-bond donors (Lipinski definition) is 0. The van der Waals surface area contributed by atoms with Crippen LogP contribution in [-0.4, -0.2) is 37.2 Å². The summed E-state index contributed by atoms with van der Waals surface area (Å²) in [4.78, 5) is 38.3. The van der Waals surface area contributed by atoms with Crippen LogP contribution in [0.4, 0.5) is 0 Å². The van der Waals surface area contributed by atoms with Gasteiger partial charge in [-0.1, -0.05) is 306 Å². The van der Waals surface area contributed by atoms with Gasteiger partial charge in [0.25, 0.3) is 0 Å². The summed E-state index contributed by atoms with van der Waals surface area (Å²) >= 11 is 0. The number of carbonyl (C=O) groups is 3. The molecule has 0 N–H and O–H groups in total. The largest absolute Gasteiger partial charge is 0.462 e. The van der Waals surface area contributed by atoms with Crippen molar-refractivity contribution in [2.45, 2.75) is 284 Å². The van der Waals surface area contributed by atoms with E-state index in [2.05, 4.69) is 185 Å². The molecular formula is C77H122O6. The molecule has 0 aliphatic carbocycles. The fourth-order valence-corrected chi connectivity index (χ4v) is 8.78. The zero-order valence-electron chi connectivity index (χ0n) is 53.4. The molecule has 0 spiro atoms. The van der Waals surface area contributed by atoms with E-state index in [-0.39, 0.29) is 31.6 Å². The number of ether oxygens (including phenoxy) is 3. The summed E-state index contributed by atoms with van der Waals surface area (Å²) < 4.78 is 16.9. The Bertz CT molecular complexity index is 1890. The van der Waals surface area contributed by atoms with Crippen molar-refractivity contribution >= 4 is 17.9 Å². The van der Waals surface area contributed by atoms with E-state index >= 15 is 0 Å². The molecule has 6 heteroatoms. The Morgan fingerprint density at radius 3 is 0.783 bits per heavy atom. The van der Waals surface area contributed by atoms with Crippen LogP contribution < -0.4 is 0 Å². The van der Waals surface area contributed by atoms with E-state index in [1.807, 2.05) is 6.08 Å². The van der Waals surface area contributed by atoms with Crippen molar-refractivity contribution in [2.75, 3.05) is 13.2 Å². The van der Waals surface area contributed by atoms with Gasteiger partial charge >= 0.3 is 17.9 Å². The van der Waals surface area contributed by atoms with Crippen LogP contribution in [0.5, 0.6) is 0 Å². The number of carbonyl (C=O) groups excluding carboxylic acids is 3. The van der Waals surface area contributed by atoms with Crippen LogP contribution >= 0.6 is 0 Å². The molecule has 83 heavy (non-hydrogen) atoms. The molecule has 0 radical (unpaired) electrons. The van der Waals surface area contributed by atoms with Gasteiger partial charge < -0.3 is 14.2 Å². The zero-order valence-corrected chi connectivity index (χ0v) is 53.4. The SMILES string of the molecule is CC/C=C\C/C=C\C/C=C\C/C=C\C/C=C\C/C=C\C/C=C\C/C=C\CCCCCCCCC(=O)OCC(COC(=O)CCCCCCCCCCCCCCCCC)OC(=O)CC/C=C\C/C=C\C/C=C\C/C=C\C/C=C\C/C=C\CC. The summed E-state index contributed by atoms with van der Waals surface area (Å²) in [6, 6.07) is 0. The maximum Gasteiger partial charge on any atom is 0.306 e. The van der Waals surface area contributed by atoms with E-state index in [0.717, 1.165) is 141 Å². The monoisotopic (exact) mass is 1140 g/mol. The third-order valence-corrected chi connectivity index (χ3v) is 13.7. The lowest BCUT2D eigenvalue weighted by Crippen LogP contribution is -2.30. The lowest BCUT2D eigenvalue weighted by atomic mass is 10.0. The molecule has 0 amide bonds. The Kier molecular flexibility index (Phi) is 64.9. The van der Waals surface area contributed by atoms with Gasteiger partial charge in [0, 0.05) is 19.3 Å². The molecule has 0 fully saturated rings. The van der Waals surface area contributed by atoms with Crippen molar-refractivity contribution in [3.63, 3.8) is 0 Å². The maximum atomic E-state index is 12.9. The van der Waals surface area contributed by atoms with Crippen molar-refractivity contribution in [3.05, 3.63) is 170 Å². The Hall–Kier alpha value is -5.23. The van der Waals surface area contributed by atoms with Gasteiger partial charge in [0.15, 0.2) is 6.10 Å². The number of hydrogen-bond acceptors (Lipinski definition) is 6. The van der Waals surface area contributed by atoms with Crippen LogP contribution in [0.25, 0.3) is 0 Å². The van der Waals surface area contributed by atoms with Gasteiger partial charge in [-0.05, 0) is 122 Å². The van der Waals surface area contributed by atoms with E-state index in [4.69, 9.17) is 14.2 Å². The van der Waals surface area contributed by atoms with E-state index < -0.39 is 12.1 Å². The highest BCUT2D eigenvalue weighted by Crippen LogP contribution is 2.15. The molecule has 0 saturated carbocycles. The third kappa shape index (κ3) is 67.4. The summed E-state index contributed by atoms with van der Waals surface area (Å²) in [5.74, 6) is -1.02. The molecule has 0 aliphatic heterocycles. The highest BCUT2D eigenvalue weighted by molar-refractivity contribution is 5.71. The number of unbranched alkanes of at least 4 members (excludes halogenated alkanes) is 20. The third-order valence-electron chi connectivity index (χ3n) is 13.7. The average Bonchev–Trinajstić information content (AvgIpc) is 3.49. The summed E-state index contributed by atoms with van der Waals surface area (Å²) in [5, 5.41) is 0. The van der Waals surface area contributed by atoms with Gasteiger partial charge in [0.2, 0.25) is 0 Å². The first kappa shape index (κ1) is 77.8. The van der Waals surface area contributed by atoms with Crippen LogP contribution in [0, 0.1) is 0 Å². The van der Waals surface area contributed by atoms with Gasteiger partial charge in [0.05, 0.1) is 0 Å². The Morgan fingerprint density at radius 2 is 0.494 bits per heavy atom. The lowest BCUT2D eigenvalue weighted by molar-refractivity contribution is -0.166. The molecule has 0 aromatic carbocycles. The molecule has 1 atom stereocenters. The van der Waals surface area contributed by atoms with Gasteiger partial charge in [-0.25, -0.2) is 0 Å². The van der Waals surface area contributed by atoms with E-state index in [1.165, 1.54) is 89.9 Å². The predicted octanol–water partition coefficient (Wildman–Crippen LogP) is 23.4. The molecule has 1 unspecified atom stereocenters. The second-order valence-electron chi connectivity index (χ2n) is 21.6. The number of allylic oxidation sites excluding steroid dienone is 28. The number of esters is 3. The van der Waals surface area contributed by atoms with E-state index in [1.54, 1.807) is 0 Å². The molecular weight excluding hydrogens is 1020 g/mol. The van der Waals surface area contributed by atoms with E-state index in [9.17, 15) is 14.4 Å². The molecule has 0 aliphatic rings. The van der Waals surface area contributed by atoms with Gasteiger partial charge in [-0.15, -0.1) is 0 Å². The second-order valence-corrected chi connectivity index (χ2v) is 21.6. The second kappa shape index (κ2) is 69.3. The average molecular weight is 1140 g/mol.